The number of hydrogen-bond donors (Lipinski definition) is 1. The molecule has 3 aromatic rings. The molecule has 5 heteroatoms. The van der Waals surface area contributed by atoms with E-state index in [2.05, 4.69) is 9.97 Å². The number of ether oxygens (including phenoxy) is 1. The smallest absolute Gasteiger partial charge is 0.146 e. The van der Waals surface area contributed by atoms with Crippen molar-refractivity contribution in [3.63, 3.8) is 0 Å². The first-order valence-corrected chi connectivity index (χ1v) is 6.49. The molecule has 96 valence electrons. The van der Waals surface area contributed by atoms with Crippen molar-refractivity contribution in [3.05, 3.63) is 58.3 Å². The Kier molecular flexibility index (Phi) is 3.32. The van der Waals surface area contributed by atoms with Gasteiger partial charge in [0.25, 0.3) is 0 Å². The maximum absolute atomic E-state index is 5.91. The van der Waals surface area contributed by atoms with E-state index >= 15 is 0 Å². The average molecular weight is 293 g/mol. The van der Waals surface area contributed by atoms with Gasteiger partial charge in [-0.3, -0.25) is 0 Å². The number of nitrogens with zero attached hydrogens (tertiary/aromatic N) is 1. The molecule has 0 fully saturated rings. The number of benzene rings is 2. The van der Waals surface area contributed by atoms with Gasteiger partial charge in [-0.05, 0) is 30.3 Å². The van der Waals surface area contributed by atoms with Crippen molar-refractivity contribution < 1.29 is 4.74 Å². The van der Waals surface area contributed by atoms with Crippen molar-refractivity contribution in [2.45, 2.75) is 6.61 Å². The number of imidazole rings is 1. The predicted molar refractivity (Wildman–Crippen MR) is 76.9 cm³/mol. The molecule has 0 aliphatic heterocycles. The molecule has 0 spiro atoms. The first-order valence-electron chi connectivity index (χ1n) is 5.73. The largest absolute Gasteiger partial charge is 0.486 e. The standard InChI is InChI=1S/C14H10Cl2N2O/c15-9-5-10(16)7-11(6-9)19-8-14-17-12-3-1-2-4-13(12)18-14/h1-7H,8H2,(H,17,18). The summed E-state index contributed by atoms with van der Waals surface area (Å²) < 4.78 is 5.62. The number of aromatic nitrogens is 2. The zero-order valence-corrected chi connectivity index (χ0v) is 11.4. The summed E-state index contributed by atoms with van der Waals surface area (Å²) >= 11 is 11.8. The van der Waals surface area contributed by atoms with Crippen LogP contribution in [0.1, 0.15) is 5.82 Å². The van der Waals surface area contributed by atoms with Gasteiger partial charge in [-0.2, -0.15) is 0 Å². The summed E-state index contributed by atoms with van der Waals surface area (Å²) in [5.74, 6) is 1.38. The van der Waals surface area contributed by atoms with Gasteiger partial charge in [0.1, 0.15) is 18.2 Å². The quantitative estimate of drug-likeness (QED) is 0.774. The van der Waals surface area contributed by atoms with Crippen molar-refractivity contribution >= 4 is 34.2 Å². The Morgan fingerprint density at radius 2 is 1.79 bits per heavy atom. The van der Waals surface area contributed by atoms with Crippen LogP contribution in [-0.4, -0.2) is 9.97 Å². The van der Waals surface area contributed by atoms with Crippen LogP contribution < -0.4 is 4.74 Å². The van der Waals surface area contributed by atoms with E-state index in [0.717, 1.165) is 16.9 Å². The van der Waals surface area contributed by atoms with Gasteiger partial charge in [-0.1, -0.05) is 35.3 Å². The van der Waals surface area contributed by atoms with Crippen LogP contribution >= 0.6 is 23.2 Å². The van der Waals surface area contributed by atoms with Crippen molar-refractivity contribution in [1.82, 2.24) is 9.97 Å². The zero-order chi connectivity index (χ0) is 13.2. The van der Waals surface area contributed by atoms with Crippen molar-refractivity contribution in [3.8, 4) is 5.75 Å². The van der Waals surface area contributed by atoms with Crippen LogP contribution in [0.2, 0.25) is 10.0 Å². The van der Waals surface area contributed by atoms with Crippen LogP contribution in [0.3, 0.4) is 0 Å². The minimum atomic E-state index is 0.339. The van der Waals surface area contributed by atoms with Gasteiger partial charge in [0, 0.05) is 10.0 Å². The lowest BCUT2D eigenvalue weighted by Gasteiger charge is -2.05. The molecule has 0 radical (unpaired) electrons. The highest BCUT2D eigenvalue weighted by Gasteiger charge is 2.04. The number of halogens is 2. The summed E-state index contributed by atoms with van der Waals surface area (Å²) in [6.45, 7) is 0.339. The van der Waals surface area contributed by atoms with E-state index in [1.807, 2.05) is 24.3 Å². The number of rotatable bonds is 3. The summed E-state index contributed by atoms with van der Waals surface area (Å²) in [6.07, 6.45) is 0. The molecule has 0 saturated heterocycles. The summed E-state index contributed by atoms with van der Waals surface area (Å²) in [7, 11) is 0. The van der Waals surface area contributed by atoms with Gasteiger partial charge < -0.3 is 9.72 Å². The molecule has 1 N–H and O–H groups in total. The third-order valence-electron chi connectivity index (χ3n) is 2.65. The molecule has 0 aliphatic carbocycles. The van der Waals surface area contributed by atoms with Gasteiger partial charge >= 0.3 is 0 Å². The summed E-state index contributed by atoms with van der Waals surface area (Å²) in [6, 6.07) is 12.9. The highest BCUT2D eigenvalue weighted by molar-refractivity contribution is 6.34. The fraction of sp³-hybridized carbons (Fsp3) is 0.0714. The summed E-state index contributed by atoms with van der Waals surface area (Å²) in [5.41, 5.74) is 1.91. The second kappa shape index (κ2) is 5.11. The second-order valence-electron chi connectivity index (χ2n) is 4.09. The average Bonchev–Trinajstić information content (AvgIpc) is 2.78. The van der Waals surface area contributed by atoms with Crippen LogP contribution in [0.4, 0.5) is 0 Å². The van der Waals surface area contributed by atoms with Crippen molar-refractivity contribution in [2.75, 3.05) is 0 Å². The molecule has 0 saturated carbocycles. The lowest BCUT2D eigenvalue weighted by atomic mass is 10.3. The van der Waals surface area contributed by atoms with Crippen LogP contribution in [0.15, 0.2) is 42.5 Å². The number of para-hydroxylation sites is 2. The van der Waals surface area contributed by atoms with E-state index in [1.165, 1.54) is 0 Å². The molecule has 1 heterocycles. The maximum atomic E-state index is 5.91. The Morgan fingerprint density at radius 3 is 2.53 bits per heavy atom. The van der Waals surface area contributed by atoms with Crippen LogP contribution in [0, 0.1) is 0 Å². The third kappa shape index (κ3) is 2.83. The van der Waals surface area contributed by atoms with Crippen molar-refractivity contribution in [1.29, 1.82) is 0 Å². The van der Waals surface area contributed by atoms with Gasteiger partial charge in [-0.25, -0.2) is 4.98 Å². The zero-order valence-electron chi connectivity index (χ0n) is 9.86. The Morgan fingerprint density at radius 1 is 1.05 bits per heavy atom. The van der Waals surface area contributed by atoms with Gasteiger partial charge in [0.15, 0.2) is 0 Å². The summed E-state index contributed by atoms with van der Waals surface area (Å²) in [5, 5.41) is 1.10. The Balaban J connectivity index is 1.78. The van der Waals surface area contributed by atoms with Gasteiger partial charge in [-0.15, -0.1) is 0 Å². The third-order valence-corrected chi connectivity index (χ3v) is 3.09. The highest BCUT2D eigenvalue weighted by atomic mass is 35.5. The van der Waals surface area contributed by atoms with E-state index in [-0.39, 0.29) is 0 Å². The molecule has 0 atom stereocenters. The fourth-order valence-corrected chi connectivity index (χ4v) is 2.34. The minimum absolute atomic E-state index is 0.339. The van der Waals surface area contributed by atoms with Crippen LogP contribution in [0.25, 0.3) is 11.0 Å². The highest BCUT2D eigenvalue weighted by Crippen LogP contribution is 2.24. The monoisotopic (exact) mass is 292 g/mol. The van der Waals surface area contributed by atoms with Crippen LogP contribution in [0.5, 0.6) is 5.75 Å². The molecule has 19 heavy (non-hydrogen) atoms. The molecule has 0 amide bonds. The molecule has 1 aromatic heterocycles. The van der Waals surface area contributed by atoms with Gasteiger partial charge in [0.2, 0.25) is 0 Å². The lowest BCUT2D eigenvalue weighted by molar-refractivity contribution is 0.297. The number of nitrogens with one attached hydrogen (secondary N) is 1. The van der Waals surface area contributed by atoms with E-state index in [1.54, 1.807) is 18.2 Å². The van der Waals surface area contributed by atoms with Crippen LogP contribution in [-0.2, 0) is 6.61 Å². The summed E-state index contributed by atoms with van der Waals surface area (Å²) in [4.78, 5) is 7.62. The SMILES string of the molecule is Clc1cc(Cl)cc(OCc2nc3ccccc3[nH]2)c1. The van der Waals surface area contributed by atoms with E-state index < -0.39 is 0 Å². The molecule has 0 bridgehead atoms. The first-order chi connectivity index (χ1) is 9.20. The first kappa shape index (κ1) is 12.3. The molecular formula is C14H10Cl2N2O. The normalized spacial score (nSPS) is 10.8. The predicted octanol–water partition coefficient (Wildman–Crippen LogP) is 4.45. The fourth-order valence-electron chi connectivity index (χ4n) is 1.84. The maximum Gasteiger partial charge on any atom is 0.146 e. The lowest BCUT2D eigenvalue weighted by Crippen LogP contribution is -1.97. The molecule has 0 aliphatic rings. The molecular weight excluding hydrogens is 283 g/mol. The van der Waals surface area contributed by atoms with E-state index in [9.17, 15) is 0 Å². The Bertz CT molecular complexity index is 671. The minimum Gasteiger partial charge on any atom is -0.486 e. The molecule has 3 rings (SSSR count). The van der Waals surface area contributed by atoms with Gasteiger partial charge in [0.05, 0.1) is 11.0 Å². The topological polar surface area (TPSA) is 37.9 Å². The molecule has 0 unspecified atom stereocenters. The molecule has 3 nitrogen and oxygen atoms in total. The number of fused-ring (bicyclic) bond motifs is 1. The number of aromatic amines is 1. The Hall–Kier alpha value is -1.71. The Labute approximate surface area is 120 Å². The second-order valence-corrected chi connectivity index (χ2v) is 4.97. The molecule has 2 aromatic carbocycles. The number of hydrogen-bond acceptors (Lipinski definition) is 2. The van der Waals surface area contributed by atoms with E-state index in [4.69, 9.17) is 27.9 Å². The van der Waals surface area contributed by atoms with E-state index in [0.29, 0.717) is 22.4 Å². The van der Waals surface area contributed by atoms with Crippen molar-refractivity contribution in [2.24, 2.45) is 0 Å². The number of H-pyrrole nitrogens is 1.